The van der Waals surface area contributed by atoms with Crippen molar-refractivity contribution in [1.82, 2.24) is 4.98 Å². The Labute approximate surface area is 158 Å². The van der Waals surface area contributed by atoms with Crippen molar-refractivity contribution in [3.8, 4) is 17.4 Å². The Balaban J connectivity index is 1.70. The minimum absolute atomic E-state index is 0.0829. The second kappa shape index (κ2) is 6.23. The van der Waals surface area contributed by atoms with E-state index in [2.05, 4.69) is 42.9 Å². The summed E-state index contributed by atoms with van der Waals surface area (Å²) in [7, 11) is 0. The highest BCUT2D eigenvalue weighted by Gasteiger charge is 2.20. The Morgan fingerprint density at radius 2 is 1.70 bits per heavy atom. The van der Waals surface area contributed by atoms with Gasteiger partial charge in [-0.1, -0.05) is 51.1 Å². The Hall–Kier alpha value is -3.14. The molecular formula is C23H22N2O2. The molecule has 1 aromatic heterocycles. The first-order valence-corrected chi connectivity index (χ1v) is 9.00. The molecule has 0 spiro atoms. The lowest BCUT2D eigenvalue weighted by Gasteiger charge is -2.18. The van der Waals surface area contributed by atoms with E-state index < -0.39 is 0 Å². The number of aliphatic imine (C=N–C) groups is 1. The third kappa shape index (κ3) is 3.19. The highest BCUT2D eigenvalue weighted by Crippen LogP contribution is 2.37. The van der Waals surface area contributed by atoms with Gasteiger partial charge in [-0.05, 0) is 42.2 Å². The third-order valence-electron chi connectivity index (χ3n) is 4.79. The Bertz CT molecular complexity index is 1060. The zero-order chi connectivity index (χ0) is 19.2. The van der Waals surface area contributed by atoms with E-state index in [0.717, 1.165) is 28.1 Å². The molecule has 0 saturated carbocycles. The van der Waals surface area contributed by atoms with Gasteiger partial charge in [0.25, 0.3) is 0 Å². The number of nitrogens with zero attached hydrogens (tertiary/aromatic N) is 2. The molecule has 1 aliphatic rings. The molecule has 0 saturated heterocycles. The molecule has 1 N–H and O–H groups in total. The van der Waals surface area contributed by atoms with Gasteiger partial charge in [0, 0.05) is 22.4 Å². The predicted octanol–water partition coefficient (Wildman–Crippen LogP) is 5.99. The maximum Gasteiger partial charge on any atom is 0.310 e. The molecule has 3 aromatic rings. The quantitative estimate of drug-likeness (QED) is 0.612. The van der Waals surface area contributed by atoms with Crippen LogP contribution in [0.5, 0.6) is 5.95 Å². The zero-order valence-electron chi connectivity index (χ0n) is 15.9. The van der Waals surface area contributed by atoms with E-state index in [9.17, 15) is 5.11 Å². The van der Waals surface area contributed by atoms with Gasteiger partial charge < -0.3 is 9.52 Å². The number of fused-ring (bicyclic) bond motifs is 1. The van der Waals surface area contributed by atoms with Crippen LogP contribution in [0.25, 0.3) is 23.1 Å². The molecule has 0 radical (unpaired) electrons. The molecule has 4 nitrogen and oxygen atoms in total. The van der Waals surface area contributed by atoms with Crippen molar-refractivity contribution in [2.45, 2.75) is 33.1 Å². The lowest BCUT2D eigenvalue weighted by molar-refractivity contribution is 0.336. The average molecular weight is 358 g/mol. The van der Waals surface area contributed by atoms with Crippen molar-refractivity contribution >= 4 is 23.0 Å². The maximum atomic E-state index is 10.3. The molecule has 0 fully saturated rings. The average Bonchev–Trinajstić information content (AvgIpc) is 3.15. The summed E-state index contributed by atoms with van der Waals surface area (Å²) in [6.45, 7) is 8.47. The number of para-hydroxylation sites is 1. The third-order valence-corrected chi connectivity index (χ3v) is 4.79. The largest absolute Gasteiger partial charge is 0.479 e. The number of benzene rings is 2. The van der Waals surface area contributed by atoms with E-state index in [0.29, 0.717) is 11.6 Å². The highest BCUT2D eigenvalue weighted by molar-refractivity contribution is 6.31. The normalized spacial score (nSPS) is 15.1. The molecule has 0 bridgehead atoms. The summed E-state index contributed by atoms with van der Waals surface area (Å²) in [4.78, 5) is 9.06. The minimum Gasteiger partial charge on any atom is -0.479 e. The highest BCUT2D eigenvalue weighted by atomic mass is 16.5. The maximum absolute atomic E-state index is 10.3. The second-order valence-electron chi connectivity index (χ2n) is 7.81. The zero-order valence-corrected chi connectivity index (χ0v) is 15.9. The van der Waals surface area contributed by atoms with Crippen LogP contribution in [0.2, 0.25) is 0 Å². The van der Waals surface area contributed by atoms with E-state index in [1.165, 1.54) is 5.56 Å². The summed E-state index contributed by atoms with van der Waals surface area (Å²) < 4.78 is 5.52. The molecule has 4 rings (SSSR count). The first-order valence-electron chi connectivity index (χ1n) is 9.00. The fraction of sp³-hybridized carbons (Fsp3) is 0.217. The van der Waals surface area contributed by atoms with E-state index in [1.807, 2.05) is 49.4 Å². The van der Waals surface area contributed by atoms with Gasteiger partial charge in [0.15, 0.2) is 0 Å². The number of rotatable bonds is 2. The van der Waals surface area contributed by atoms with Crippen molar-refractivity contribution in [3.05, 3.63) is 65.4 Å². The first kappa shape index (κ1) is 17.3. The van der Waals surface area contributed by atoms with Crippen LogP contribution in [0.4, 0.5) is 5.69 Å². The van der Waals surface area contributed by atoms with Gasteiger partial charge in [-0.25, -0.2) is 4.98 Å². The van der Waals surface area contributed by atoms with Crippen LogP contribution in [0, 0.1) is 0 Å². The molecule has 1 aliphatic heterocycles. The van der Waals surface area contributed by atoms with Gasteiger partial charge >= 0.3 is 5.95 Å². The first-order chi connectivity index (χ1) is 12.8. The van der Waals surface area contributed by atoms with Crippen LogP contribution in [0.1, 0.15) is 44.5 Å². The van der Waals surface area contributed by atoms with Crippen molar-refractivity contribution in [1.29, 1.82) is 0 Å². The van der Waals surface area contributed by atoms with Gasteiger partial charge in [-0.2, -0.15) is 0 Å². The minimum atomic E-state index is -0.186. The van der Waals surface area contributed by atoms with Crippen LogP contribution in [-0.4, -0.2) is 15.8 Å². The summed E-state index contributed by atoms with van der Waals surface area (Å²) in [5, 5.41) is 10.3. The fourth-order valence-corrected chi connectivity index (χ4v) is 3.21. The van der Waals surface area contributed by atoms with Gasteiger partial charge in [0.05, 0.1) is 5.69 Å². The standard InChI is InChI=1S/C23H22N2O2/c1-14-18(17-7-5-6-8-19(17)24-14)13-20-22(26)27-21(25-20)15-9-11-16(12-10-15)23(2,3)4/h5-13,26H,1-4H3. The van der Waals surface area contributed by atoms with Crippen LogP contribution in [0.15, 0.2) is 57.9 Å². The van der Waals surface area contributed by atoms with Crippen LogP contribution < -0.4 is 0 Å². The topological polar surface area (TPSA) is 58.6 Å². The van der Waals surface area contributed by atoms with Gasteiger partial charge in [0.2, 0.25) is 5.89 Å². The van der Waals surface area contributed by atoms with Gasteiger partial charge in [0.1, 0.15) is 5.69 Å². The van der Waals surface area contributed by atoms with Crippen molar-refractivity contribution in [2.24, 2.45) is 4.99 Å². The molecule has 27 heavy (non-hydrogen) atoms. The van der Waals surface area contributed by atoms with Crippen molar-refractivity contribution < 1.29 is 9.52 Å². The Morgan fingerprint density at radius 3 is 2.41 bits per heavy atom. The fourth-order valence-electron chi connectivity index (χ4n) is 3.21. The summed E-state index contributed by atoms with van der Waals surface area (Å²) in [6, 6.07) is 16.0. The van der Waals surface area contributed by atoms with Gasteiger partial charge in [-0.3, -0.25) is 4.99 Å². The van der Waals surface area contributed by atoms with E-state index in [4.69, 9.17) is 4.42 Å². The monoisotopic (exact) mass is 358 g/mol. The molecular weight excluding hydrogens is 336 g/mol. The summed E-state index contributed by atoms with van der Waals surface area (Å²) in [5.41, 5.74) is 6.37. The molecule has 0 amide bonds. The molecule has 0 aliphatic carbocycles. The lowest BCUT2D eigenvalue weighted by atomic mass is 9.87. The molecule has 0 unspecified atom stereocenters. The smallest absolute Gasteiger partial charge is 0.310 e. The second-order valence-corrected chi connectivity index (χ2v) is 7.81. The van der Waals surface area contributed by atoms with Crippen LogP contribution in [-0.2, 0) is 5.41 Å². The number of allylic oxidation sites excluding steroid dienone is 1. The van der Waals surface area contributed by atoms with E-state index >= 15 is 0 Å². The summed E-state index contributed by atoms with van der Waals surface area (Å²) in [6.07, 6.45) is 1.83. The molecule has 2 heterocycles. The number of aromatic hydroxyl groups is 1. The molecule has 2 aromatic carbocycles. The number of oxazole rings is 1. The number of aromatic nitrogens is 1. The number of hydrogen-bond donors (Lipinski definition) is 1. The number of hydrogen-bond acceptors (Lipinski definition) is 4. The lowest BCUT2D eigenvalue weighted by Crippen LogP contribution is -2.10. The van der Waals surface area contributed by atoms with Crippen molar-refractivity contribution in [3.63, 3.8) is 0 Å². The predicted molar refractivity (Wildman–Crippen MR) is 109 cm³/mol. The molecule has 4 heteroatoms. The SMILES string of the molecule is CC1=Nc2ccccc2C1=Cc1nc(-c2ccc(C(C)(C)C)cc2)oc1O. The summed E-state index contributed by atoms with van der Waals surface area (Å²) >= 11 is 0. The molecule has 136 valence electrons. The Morgan fingerprint density at radius 1 is 1.00 bits per heavy atom. The van der Waals surface area contributed by atoms with E-state index in [-0.39, 0.29) is 11.4 Å². The molecule has 0 atom stereocenters. The van der Waals surface area contributed by atoms with Gasteiger partial charge in [-0.15, -0.1) is 0 Å². The van der Waals surface area contributed by atoms with Crippen LogP contribution >= 0.6 is 0 Å². The Kier molecular flexibility index (Phi) is 3.99. The summed E-state index contributed by atoms with van der Waals surface area (Å²) in [5.74, 6) is 0.218. The van der Waals surface area contributed by atoms with Crippen molar-refractivity contribution in [2.75, 3.05) is 0 Å². The van der Waals surface area contributed by atoms with Crippen LogP contribution in [0.3, 0.4) is 0 Å². The van der Waals surface area contributed by atoms with E-state index in [1.54, 1.807) is 0 Å².